The van der Waals surface area contributed by atoms with Crippen molar-refractivity contribution in [1.82, 2.24) is 9.97 Å². The second kappa shape index (κ2) is 13.3. The zero-order chi connectivity index (χ0) is 28.9. The highest BCUT2D eigenvalue weighted by molar-refractivity contribution is 7.21. The number of hydrogen-bond donors (Lipinski definition) is 0. The summed E-state index contributed by atoms with van der Waals surface area (Å²) in [6.45, 7) is 4.98. The van der Waals surface area contributed by atoms with E-state index in [-0.39, 0.29) is 5.78 Å². The maximum atomic E-state index is 13.7. The molecule has 1 atom stereocenters. The summed E-state index contributed by atoms with van der Waals surface area (Å²) in [7, 11) is 3.87. The lowest BCUT2D eigenvalue weighted by Gasteiger charge is -2.33. The van der Waals surface area contributed by atoms with E-state index >= 15 is 0 Å². The van der Waals surface area contributed by atoms with Gasteiger partial charge in [-0.25, -0.2) is 9.97 Å². The summed E-state index contributed by atoms with van der Waals surface area (Å²) in [5.74, 6) is 3.40. The molecule has 1 aliphatic carbocycles. The number of ketones is 1. The molecule has 7 heteroatoms. The van der Waals surface area contributed by atoms with Gasteiger partial charge in [0, 0.05) is 48.6 Å². The van der Waals surface area contributed by atoms with Gasteiger partial charge < -0.3 is 9.64 Å². The molecule has 1 saturated carbocycles. The highest BCUT2D eigenvalue weighted by Gasteiger charge is 2.29. The van der Waals surface area contributed by atoms with Gasteiger partial charge in [0.2, 0.25) is 5.95 Å². The standard InChI is InChI=1S/C34H40ClN3O2S/c1-5-40-30-17-16-24(27-20-36-34(37-21-27)38(3)4)18-26(30)15-14-25(23-12-10-22(2)11-13-23)19-29(39)33-32(35)28-8-6-7-9-31(28)41-33/h6-9,16-18,20-23,25H,5,10-15,19H2,1-4H3. The van der Waals surface area contributed by atoms with E-state index in [0.717, 1.165) is 45.7 Å². The van der Waals surface area contributed by atoms with Crippen LogP contribution in [0.5, 0.6) is 5.75 Å². The number of carbonyl (C=O) groups is 1. The minimum atomic E-state index is 0.178. The summed E-state index contributed by atoms with van der Waals surface area (Å²) >= 11 is 8.26. The highest BCUT2D eigenvalue weighted by Crippen LogP contribution is 2.41. The van der Waals surface area contributed by atoms with Gasteiger partial charge in [0.15, 0.2) is 5.78 Å². The van der Waals surface area contributed by atoms with Gasteiger partial charge in [-0.15, -0.1) is 11.3 Å². The van der Waals surface area contributed by atoms with Crippen LogP contribution < -0.4 is 9.64 Å². The summed E-state index contributed by atoms with van der Waals surface area (Å²) in [5.41, 5.74) is 3.22. The molecule has 0 radical (unpaired) electrons. The zero-order valence-corrected chi connectivity index (χ0v) is 26.1. The lowest BCUT2D eigenvalue weighted by atomic mass is 9.73. The van der Waals surface area contributed by atoms with Gasteiger partial charge in [-0.2, -0.15) is 0 Å². The molecule has 2 aromatic heterocycles. The van der Waals surface area contributed by atoms with Gasteiger partial charge in [0.05, 0.1) is 16.5 Å². The third kappa shape index (κ3) is 6.92. The molecular weight excluding hydrogens is 550 g/mol. The first-order chi connectivity index (χ1) is 19.8. The van der Waals surface area contributed by atoms with Crippen LogP contribution in [-0.2, 0) is 6.42 Å². The molecular formula is C34H40ClN3O2S. The van der Waals surface area contributed by atoms with Crippen molar-refractivity contribution in [3.8, 4) is 16.9 Å². The van der Waals surface area contributed by atoms with Crippen LogP contribution in [0.15, 0.2) is 54.9 Å². The molecule has 1 aliphatic rings. The smallest absolute Gasteiger partial charge is 0.224 e. The number of benzene rings is 2. The van der Waals surface area contributed by atoms with Gasteiger partial charge in [-0.05, 0) is 79.7 Å². The summed E-state index contributed by atoms with van der Waals surface area (Å²) in [5, 5.41) is 1.59. The molecule has 1 unspecified atom stereocenters. The number of thiophene rings is 1. The van der Waals surface area contributed by atoms with Gasteiger partial charge >= 0.3 is 0 Å². The number of fused-ring (bicyclic) bond motifs is 1. The molecule has 41 heavy (non-hydrogen) atoms. The van der Waals surface area contributed by atoms with Crippen molar-refractivity contribution < 1.29 is 9.53 Å². The summed E-state index contributed by atoms with van der Waals surface area (Å²) in [6, 6.07) is 14.4. The number of hydrogen-bond acceptors (Lipinski definition) is 6. The number of ether oxygens (including phenoxy) is 1. The average molecular weight is 590 g/mol. The van der Waals surface area contributed by atoms with E-state index in [9.17, 15) is 4.79 Å². The molecule has 0 bridgehead atoms. The van der Waals surface area contributed by atoms with Crippen LogP contribution >= 0.6 is 22.9 Å². The van der Waals surface area contributed by atoms with Crippen LogP contribution in [0.3, 0.4) is 0 Å². The normalized spacial score (nSPS) is 17.9. The maximum absolute atomic E-state index is 13.7. The molecule has 0 amide bonds. The second-order valence-electron chi connectivity index (χ2n) is 11.6. The molecule has 5 rings (SSSR count). The van der Waals surface area contributed by atoms with E-state index < -0.39 is 0 Å². The lowest BCUT2D eigenvalue weighted by Crippen LogP contribution is -2.24. The highest BCUT2D eigenvalue weighted by atomic mass is 35.5. The molecule has 2 heterocycles. The van der Waals surface area contributed by atoms with E-state index in [0.29, 0.717) is 40.7 Å². The predicted octanol–water partition coefficient (Wildman–Crippen LogP) is 9.12. The van der Waals surface area contributed by atoms with Gasteiger partial charge in [0.1, 0.15) is 5.75 Å². The first-order valence-electron chi connectivity index (χ1n) is 14.8. The number of nitrogens with zero attached hydrogens (tertiary/aromatic N) is 3. The van der Waals surface area contributed by atoms with Crippen LogP contribution in [0.25, 0.3) is 21.2 Å². The molecule has 5 nitrogen and oxygen atoms in total. The van der Waals surface area contributed by atoms with Crippen molar-refractivity contribution in [3.05, 3.63) is 70.3 Å². The van der Waals surface area contributed by atoms with Crippen LogP contribution in [0.2, 0.25) is 5.02 Å². The Kier molecular flexibility index (Phi) is 9.61. The average Bonchev–Trinajstić information content (AvgIpc) is 3.33. The molecule has 2 aromatic carbocycles. The minimum Gasteiger partial charge on any atom is -0.494 e. The van der Waals surface area contributed by atoms with E-state index in [4.69, 9.17) is 16.3 Å². The third-order valence-electron chi connectivity index (χ3n) is 8.48. The number of anilines is 1. The Bertz CT molecular complexity index is 1480. The van der Waals surface area contributed by atoms with Gasteiger partial charge in [0.25, 0.3) is 0 Å². The van der Waals surface area contributed by atoms with Crippen LogP contribution in [0.4, 0.5) is 5.95 Å². The molecule has 0 N–H and O–H groups in total. The van der Waals surface area contributed by atoms with Gasteiger partial charge in [-0.1, -0.05) is 55.6 Å². The molecule has 0 saturated heterocycles. The number of Topliss-reactive ketones (excluding diaryl/α,β-unsaturated/α-hetero) is 1. The zero-order valence-electron chi connectivity index (χ0n) is 24.5. The summed E-state index contributed by atoms with van der Waals surface area (Å²) in [4.78, 5) is 25.3. The maximum Gasteiger partial charge on any atom is 0.224 e. The SMILES string of the molecule is CCOc1ccc(-c2cnc(N(C)C)nc2)cc1CCC(CC(=O)c1sc2ccccc2c1Cl)C1CCC(C)CC1. The fourth-order valence-electron chi connectivity index (χ4n) is 6.08. The van der Waals surface area contributed by atoms with E-state index in [1.54, 1.807) is 0 Å². The Balaban J connectivity index is 1.39. The Morgan fingerprint density at radius 3 is 2.49 bits per heavy atom. The number of halogens is 1. The van der Waals surface area contributed by atoms with E-state index in [1.165, 1.54) is 42.6 Å². The Morgan fingerprint density at radius 1 is 1.07 bits per heavy atom. The number of aryl methyl sites for hydroxylation is 1. The summed E-state index contributed by atoms with van der Waals surface area (Å²) < 4.78 is 7.12. The van der Waals surface area contributed by atoms with E-state index in [1.807, 2.05) is 62.6 Å². The van der Waals surface area contributed by atoms with Gasteiger partial charge in [-0.3, -0.25) is 4.79 Å². The Labute approximate surface area is 252 Å². The molecule has 216 valence electrons. The van der Waals surface area contributed by atoms with Crippen molar-refractivity contribution >= 4 is 44.8 Å². The van der Waals surface area contributed by atoms with Crippen molar-refractivity contribution in [2.75, 3.05) is 25.6 Å². The second-order valence-corrected chi connectivity index (χ2v) is 13.0. The first-order valence-corrected chi connectivity index (χ1v) is 16.0. The Morgan fingerprint density at radius 2 is 1.80 bits per heavy atom. The third-order valence-corrected chi connectivity index (χ3v) is 10.2. The van der Waals surface area contributed by atoms with Crippen LogP contribution in [0, 0.1) is 17.8 Å². The molecule has 1 fully saturated rings. The molecule has 0 aliphatic heterocycles. The van der Waals surface area contributed by atoms with Crippen molar-refractivity contribution in [2.45, 2.75) is 58.8 Å². The summed E-state index contributed by atoms with van der Waals surface area (Å²) in [6.07, 6.45) is 10.9. The predicted molar refractivity (Wildman–Crippen MR) is 172 cm³/mol. The minimum absolute atomic E-state index is 0.178. The molecule has 4 aromatic rings. The number of rotatable bonds is 11. The lowest BCUT2D eigenvalue weighted by molar-refractivity contribution is 0.0923. The van der Waals surface area contributed by atoms with Crippen molar-refractivity contribution in [2.24, 2.45) is 17.8 Å². The Hall–Kier alpha value is -2.96. The largest absolute Gasteiger partial charge is 0.494 e. The number of carbonyl (C=O) groups excluding carboxylic acids is 1. The molecule has 0 spiro atoms. The first kappa shape index (κ1) is 29.5. The monoisotopic (exact) mass is 589 g/mol. The van der Waals surface area contributed by atoms with Crippen LogP contribution in [0.1, 0.15) is 67.6 Å². The topological polar surface area (TPSA) is 55.3 Å². The van der Waals surface area contributed by atoms with E-state index in [2.05, 4.69) is 35.1 Å². The fraction of sp³-hybridized carbons (Fsp3) is 0.441. The van der Waals surface area contributed by atoms with Crippen molar-refractivity contribution in [1.29, 1.82) is 0 Å². The van der Waals surface area contributed by atoms with Crippen LogP contribution in [-0.4, -0.2) is 36.5 Å². The fourth-order valence-corrected chi connectivity index (χ4v) is 7.56. The number of aromatic nitrogens is 2. The van der Waals surface area contributed by atoms with Crippen molar-refractivity contribution in [3.63, 3.8) is 0 Å². The quantitative estimate of drug-likeness (QED) is 0.163.